The number of ether oxygens (including phenoxy) is 2. The fourth-order valence-corrected chi connectivity index (χ4v) is 3.19. The Bertz CT molecular complexity index is 930. The van der Waals surface area contributed by atoms with E-state index in [1.165, 1.54) is 6.20 Å². The van der Waals surface area contributed by atoms with Crippen molar-refractivity contribution in [1.82, 2.24) is 15.1 Å². The lowest BCUT2D eigenvalue weighted by molar-refractivity contribution is -0.123. The van der Waals surface area contributed by atoms with E-state index in [4.69, 9.17) is 32.7 Å². The van der Waals surface area contributed by atoms with Crippen molar-refractivity contribution < 1.29 is 14.3 Å². The van der Waals surface area contributed by atoms with Crippen LogP contribution in [0.5, 0.6) is 11.5 Å². The van der Waals surface area contributed by atoms with Crippen molar-refractivity contribution in [3.8, 4) is 11.5 Å². The van der Waals surface area contributed by atoms with Crippen molar-refractivity contribution in [3.05, 3.63) is 50.4 Å². The summed E-state index contributed by atoms with van der Waals surface area (Å²) in [4.78, 5) is 24.6. The Hall–Kier alpha value is -2.25. The van der Waals surface area contributed by atoms with Crippen LogP contribution >= 0.6 is 23.2 Å². The van der Waals surface area contributed by atoms with Crippen molar-refractivity contribution in [2.75, 3.05) is 13.2 Å². The number of hydrogen-bond donors (Lipinski definition) is 1. The number of rotatable bonds is 5. The smallest absolute Gasteiger partial charge is 0.287 e. The lowest BCUT2D eigenvalue weighted by atomic mass is 9.95. The molecule has 9 heteroatoms. The molecule has 1 aliphatic heterocycles. The maximum absolute atomic E-state index is 12.5. The first-order valence-electron chi connectivity index (χ1n) is 8.97. The lowest BCUT2D eigenvalue weighted by Crippen LogP contribution is -2.37. The topological polar surface area (TPSA) is 82.5 Å². The van der Waals surface area contributed by atoms with Gasteiger partial charge in [-0.2, -0.15) is 5.10 Å². The number of fused-ring (bicyclic) bond motifs is 1. The van der Waals surface area contributed by atoms with Gasteiger partial charge in [0.1, 0.15) is 11.6 Å². The number of aromatic nitrogens is 2. The Morgan fingerprint density at radius 3 is 2.68 bits per heavy atom. The summed E-state index contributed by atoms with van der Waals surface area (Å²) >= 11 is 11.6. The Morgan fingerprint density at radius 1 is 1.25 bits per heavy atom. The maximum atomic E-state index is 12.5. The molecule has 2 aromatic rings. The summed E-state index contributed by atoms with van der Waals surface area (Å²) in [5, 5.41) is 6.71. The number of hydrogen-bond acceptors (Lipinski definition) is 5. The largest absolute Gasteiger partial charge is 0.490 e. The van der Waals surface area contributed by atoms with Crippen molar-refractivity contribution >= 4 is 29.1 Å². The Balaban J connectivity index is 1.78. The summed E-state index contributed by atoms with van der Waals surface area (Å²) < 4.78 is 12.4. The summed E-state index contributed by atoms with van der Waals surface area (Å²) in [5.41, 5.74) is 0.281. The molecule has 0 saturated heterocycles. The zero-order valence-corrected chi connectivity index (χ0v) is 17.1. The third-order valence-corrected chi connectivity index (χ3v) is 5.10. The first-order chi connectivity index (χ1) is 13.4. The number of nitrogens with zero attached hydrogens (tertiary/aromatic N) is 2. The van der Waals surface area contributed by atoms with Gasteiger partial charge in [0.05, 0.1) is 30.5 Å². The number of carbonyl (C=O) groups excluding carboxylic acids is 1. The minimum atomic E-state index is -0.610. The molecule has 7 nitrogen and oxygen atoms in total. The van der Waals surface area contributed by atoms with Gasteiger partial charge in [-0.25, -0.2) is 4.68 Å². The molecule has 1 aromatic carbocycles. The average Bonchev–Trinajstić information content (AvgIpc) is 2.91. The highest BCUT2D eigenvalue weighted by Crippen LogP contribution is 2.34. The minimum absolute atomic E-state index is 0.0515. The summed E-state index contributed by atoms with van der Waals surface area (Å²) in [6, 6.07) is 5.36. The fourth-order valence-electron chi connectivity index (χ4n) is 2.92. The second-order valence-electron chi connectivity index (χ2n) is 6.82. The van der Waals surface area contributed by atoms with Gasteiger partial charge in [0.25, 0.3) is 5.56 Å². The van der Waals surface area contributed by atoms with Crippen LogP contribution in [0, 0.1) is 5.92 Å². The predicted molar refractivity (Wildman–Crippen MR) is 106 cm³/mol. The summed E-state index contributed by atoms with van der Waals surface area (Å²) in [6.07, 6.45) is 2.06. The van der Waals surface area contributed by atoms with Gasteiger partial charge >= 0.3 is 0 Å². The third-order valence-electron chi connectivity index (χ3n) is 4.35. The van der Waals surface area contributed by atoms with Gasteiger partial charge in [0.15, 0.2) is 11.5 Å². The number of nitrogens with one attached hydrogen (secondary N) is 1. The highest BCUT2D eigenvalue weighted by molar-refractivity contribution is 6.41. The second-order valence-corrected chi connectivity index (χ2v) is 7.60. The zero-order valence-electron chi connectivity index (χ0n) is 15.6. The maximum Gasteiger partial charge on any atom is 0.287 e. The molecule has 0 fully saturated rings. The van der Waals surface area contributed by atoms with Crippen molar-refractivity contribution in [2.24, 2.45) is 5.92 Å². The predicted octanol–water partition coefficient (Wildman–Crippen LogP) is 3.22. The van der Waals surface area contributed by atoms with Crippen LogP contribution in [0.1, 0.15) is 31.9 Å². The molecule has 0 spiro atoms. The fraction of sp³-hybridized carbons (Fsp3) is 0.421. The van der Waals surface area contributed by atoms with E-state index >= 15 is 0 Å². The van der Waals surface area contributed by atoms with Crippen LogP contribution in [-0.2, 0) is 11.3 Å². The van der Waals surface area contributed by atoms with Crippen LogP contribution in [0.15, 0.2) is 29.2 Å². The van der Waals surface area contributed by atoms with Gasteiger partial charge in [0, 0.05) is 6.42 Å². The molecule has 1 aliphatic rings. The normalized spacial score (nSPS) is 14.5. The van der Waals surface area contributed by atoms with Gasteiger partial charge in [-0.1, -0.05) is 43.1 Å². The summed E-state index contributed by atoms with van der Waals surface area (Å²) in [7, 11) is 0. The monoisotopic (exact) mass is 425 g/mol. The SMILES string of the molecule is CC(C)C(NC(=O)Cn1ncc(Cl)c(Cl)c1=O)c1ccc2c(c1)OCCCO2. The molecule has 2 heterocycles. The molecule has 1 unspecified atom stereocenters. The van der Waals surface area contributed by atoms with E-state index in [0.29, 0.717) is 24.7 Å². The van der Waals surface area contributed by atoms with Crippen LogP contribution in [0.3, 0.4) is 0 Å². The highest BCUT2D eigenvalue weighted by atomic mass is 35.5. The van der Waals surface area contributed by atoms with E-state index in [2.05, 4.69) is 10.4 Å². The molecule has 0 bridgehead atoms. The van der Waals surface area contributed by atoms with Gasteiger partial charge < -0.3 is 14.8 Å². The van der Waals surface area contributed by atoms with Gasteiger partial charge in [0.2, 0.25) is 5.91 Å². The molecule has 28 heavy (non-hydrogen) atoms. The molecule has 0 saturated carbocycles. The van der Waals surface area contributed by atoms with Crippen LogP contribution in [-0.4, -0.2) is 28.9 Å². The molecule has 1 N–H and O–H groups in total. The second kappa shape index (κ2) is 8.84. The first kappa shape index (κ1) is 20.5. The quantitative estimate of drug-likeness (QED) is 0.794. The lowest BCUT2D eigenvalue weighted by Gasteiger charge is -2.24. The van der Waals surface area contributed by atoms with Crippen LogP contribution < -0.4 is 20.3 Å². The molecule has 1 amide bonds. The summed E-state index contributed by atoms with van der Waals surface area (Å²) in [6.45, 7) is 4.93. The molecular formula is C19H21Cl2N3O4. The number of benzene rings is 1. The molecular weight excluding hydrogens is 405 g/mol. The molecule has 150 valence electrons. The highest BCUT2D eigenvalue weighted by Gasteiger charge is 2.22. The van der Waals surface area contributed by atoms with Crippen molar-refractivity contribution in [3.63, 3.8) is 0 Å². The molecule has 0 radical (unpaired) electrons. The molecule has 1 atom stereocenters. The Kier molecular flexibility index (Phi) is 6.46. The molecule has 1 aromatic heterocycles. The first-order valence-corrected chi connectivity index (χ1v) is 9.72. The van der Waals surface area contributed by atoms with E-state index in [-0.39, 0.29) is 34.5 Å². The van der Waals surface area contributed by atoms with E-state index in [1.54, 1.807) is 0 Å². The van der Waals surface area contributed by atoms with E-state index in [1.807, 2.05) is 32.0 Å². The van der Waals surface area contributed by atoms with Crippen LogP contribution in [0.25, 0.3) is 0 Å². The van der Waals surface area contributed by atoms with E-state index in [0.717, 1.165) is 16.7 Å². The zero-order chi connectivity index (χ0) is 20.3. The Labute approximate surface area is 172 Å². The number of carbonyl (C=O) groups is 1. The van der Waals surface area contributed by atoms with E-state index < -0.39 is 5.56 Å². The number of amides is 1. The van der Waals surface area contributed by atoms with Gasteiger partial charge in [-0.15, -0.1) is 0 Å². The molecule has 3 rings (SSSR count). The van der Waals surface area contributed by atoms with Crippen LogP contribution in [0.4, 0.5) is 0 Å². The minimum Gasteiger partial charge on any atom is -0.490 e. The summed E-state index contributed by atoms with van der Waals surface area (Å²) in [5.74, 6) is 1.10. The Morgan fingerprint density at radius 2 is 1.96 bits per heavy atom. The molecule has 0 aliphatic carbocycles. The van der Waals surface area contributed by atoms with Gasteiger partial charge in [-0.3, -0.25) is 9.59 Å². The van der Waals surface area contributed by atoms with Crippen molar-refractivity contribution in [1.29, 1.82) is 0 Å². The average molecular weight is 426 g/mol. The van der Waals surface area contributed by atoms with Crippen molar-refractivity contribution in [2.45, 2.75) is 32.9 Å². The number of halogens is 2. The standard InChI is InChI=1S/C19H21Cl2N3O4/c1-11(2)18(12-4-5-14-15(8-12)28-7-3-6-27-14)23-16(25)10-24-19(26)17(21)13(20)9-22-24/h4-5,8-9,11,18H,3,6-7,10H2,1-2H3,(H,23,25). The van der Waals surface area contributed by atoms with E-state index in [9.17, 15) is 9.59 Å². The third kappa shape index (κ3) is 4.59. The van der Waals surface area contributed by atoms with Gasteiger partial charge in [-0.05, 0) is 23.6 Å². The van der Waals surface area contributed by atoms with Crippen LogP contribution in [0.2, 0.25) is 10.0 Å².